The third kappa shape index (κ3) is 3.51. The molecular weight excluding hydrogens is 372 g/mol. The van der Waals surface area contributed by atoms with Gasteiger partial charge in [-0.25, -0.2) is 17.2 Å². The van der Waals surface area contributed by atoms with Crippen LogP contribution in [0.5, 0.6) is 0 Å². The molecule has 7 heteroatoms. The summed E-state index contributed by atoms with van der Waals surface area (Å²) in [5.74, 6) is -2.27. The first kappa shape index (κ1) is 19.2. The molecule has 0 bridgehead atoms. The second-order valence-electron chi connectivity index (χ2n) is 6.47. The van der Waals surface area contributed by atoms with Crippen molar-refractivity contribution in [3.05, 3.63) is 70.0 Å². The van der Waals surface area contributed by atoms with E-state index in [1.807, 2.05) is 13.8 Å². The molecule has 27 heavy (non-hydrogen) atoms. The van der Waals surface area contributed by atoms with Gasteiger partial charge >= 0.3 is 0 Å². The number of sulfone groups is 1. The first-order valence-electron chi connectivity index (χ1n) is 8.59. The van der Waals surface area contributed by atoms with Crippen molar-refractivity contribution in [3.8, 4) is 0 Å². The number of benzene rings is 2. The Hall–Kier alpha value is -2.54. The lowest BCUT2D eigenvalue weighted by Gasteiger charge is -2.14. The van der Waals surface area contributed by atoms with Crippen molar-refractivity contribution in [3.63, 3.8) is 0 Å². The second kappa shape index (κ2) is 7.23. The van der Waals surface area contributed by atoms with E-state index >= 15 is 0 Å². The molecule has 3 rings (SSSR count). The molecule has 4 nitrogen and oxygen atoms in total. The number of aryl methyl sites for hydroxylation is 2. The van der Waals surface area contributed by atoms with Crippen molar-refractivity contribution in [2.24, 2.45) is 0 Å². The standard InChI is InChI=1S/C20H19F2NO3S/c1-3-4-9-23-12-19(27(25,26)14-7-5-13(2)6-8-14)20(24)15-10-16(21)17(22)11-18(15)23/h5-8,10-12H,3-4,9H2,1-2H3. The number of aromatic nitrogens is 1. The van der Waals surface area contributed by atoms with Gasteiger partial charge in [0.1, 0.15) is 4.90 Å². The summed E-state index contributed by atoms with van der Waals surface area (Å²) in [6, 6.07) is 7.83. The maximum atomic E-state index is 13.7. The fraction of sp³-hybridized carbons (Fsp3) is 0.250. The molecule has 0 N–H and O–H groups in total. The van der Waals surface area contributed by atoms with Gasteiger partial charge in [0.25, 0.3) is 0 Å². The number of unbranched alkanes of at least 4 members (excludes halogenated alkanes) is 1. The number of halogens is 2. The average Bonchev–Trinajstić information content (AvgIpc) is 2.63. The van der Waals surface area contributed by atoms with Crippen molar-refractivity contribution in [1.29, 1.82) is 0 Å². The van der Waals surface area contributed by atoms with Crippen LogP contribution in [0.25, 0.3) is 10.9 Å². The Balaban J connectivity index is 2.33. The Morgan fingerprint density at radius 1 is 1.04 bits per heavy atom. The van der Waals surface area contributed by atoms with E-state index in [4.69, 9.17) is 0 Å². The van der Waals surface area contributed by atoms with Crippen LogP contribution in [-0.2, 0) is 16.4 Å². The molecule has 0 saturated carbocycles. The normalized spacial score (nSPS) is 11.9. The highest BCUT2D eigenvalue weighted by Crippen LogP contribution is 2.23. The molecule has 0 saturated heterocycles. The Labute approximate surface area is 156 Å². The van der Waals surface area contributed by atoms with Crippen LogP contribution < -0.4 is 5.43 Å². The first-order valence-corrected chi connectivity index (χ1v) is 10.1. The topological polar surface area (TPSA) is 56.1 Å². The lowest BCUT2D eigenvalue weighted by atomic mass is 10.2. The SMILES string of the molecule is CCCCn1cc(S(=O)(=O)c2ccc(C)cc2)c(=O)c2cc(F)c(F)cc21. The van der Waals surface area contributed by atoms with E-state index in [0.717, 1.165) is 24.1 Å². The lowest BCUT2D eigenvalue weighted by Crippen LogP contribution is -2.20. The summed E-state index contributed by atoms with van der Waals surface area (Å²) in [5, 5.41) is -0.154. The molecule has 0 radical (unpaired) electrons. The molecule has 0 unspecified atom stereocenters. The molecule has 0 spiro atoms. The Kier molecular flexibility index (Phi) is 5.15. The number of hydrogen-bond donors (Lipinski definition) is 0. The summed E-state index contributed by atoms with van der Waals surface area (Å²) in [7, 11) is -4.10. The molecule has 3 aromatic rings. The minimum atomic E-state index is -4.10. The molecule has 0 aliphatic heterocycles. The van der Waals surface area contributed by atoms with E-state index in [9.17, 15) is 22.0 Å². The van der Waals surface area contributed by atoms with Crippen molar-refractivity contribution in [1.82, 2.24) is 4.57 Å². The van der Waals surface area contributed by atoms with E-state index in [-0.39, 0.29) is 15.8 Å². The molecule has 0 fully saturated rings. The average molecular weight is 391 g/mol. The fourth-order valence-electron chi connectivity index (χ4n) is 2.91. The van der Waals surface area contributed by atoms with Gasteiger partial charge in [0, 0.05) is 18.8 Å². The molecule has 0 atom stereocenters. The highest BCUT2D eigenvalue weighted by Gasteiger charge is 2.24. The largest absolute Gasteiger partial charge is 0.346 e. The molecule has 142 valence electrons. The number of hydrogen-bond acceptors (Lipinski definition) is 3. The summed E-state index contributed by atoms with van der Waals surface area (Å²) in [6.07, 6.45) is 2.74. The highest BCUT2D eigenvalue weighted by atomic mass is 32.2. The highest BCUT2D eigenvalue weighted by molar-refractivity contribution is 7.91. The summed E-state index contributed by atoms with van der Waals surface area (Å²) in [6.45, 7) is 4.16. The zero-order chi connectivity index (χ0) is 19.8. The third-order valence-electron chi connectivity index (χ3n) is 4.46. The summed E-state index contributed by atoms with van der Waals surface area (Å²) in [4.78, 5) is 12.4. The van der Waals surface area contributed by atoms with Gasteiger partial charge in [0.2, 0.25) is 15.3 Å². The Morgan fingerprint density at radius 2 is 1.67 bits per heavy atom. The van der Waals surface area contributed by atoms with Crippen LogP contribution in [0.1, 0.15) is 25.3 Å². The van der Waals surface area contributed by atoms with Gasteiger partial charge in [-0.05, 0) is 31.5 Å². The fourth-order valence-corrected chi connectivity index (χ4v) is 4.28. The molecule has 0 amide bonds. The minimum absolute atomic E-state index is 0.0193. The van der Waals surface area contributed by atoms with Crippen LogP contribution in [0, 0.1) is 18.6 Å². The second-order valence-corrected chi connectivity index (χ2v) is 8.39. The summed E-state index contributed by atoms with van der Waals surface area (Å²) >= 11 is 0. The number of fused-ring (bicyclic) bond motifs is 1. The zero-order valence-electron chi connectivity index (χ0n) is 15.0. The lowest BCUT2D eigenvalue weighted by molar-refractivity contribution is 0.509. The molecular formula is C20H19F2NO3S. The first-order chi connectivity index (χ1) is 12.8. The summed E-state index contributed by atoms with van der Waals surface area (Å²) < 4.78 is 55.0. The van der Waals surface area contributed by atoms with Crippen molar-refractivity contribution in [2.75, 3.05) is 0 Å². The van der Waals surface area contributed by atoms with Gasteiger partial charge < -0.3 is 4.57 Å². The van der Waals surface area contributed by atoms with Gasteiger partial charge in [0.15, 0.2) is 11.6 Å². The van der Waals surface area contributed by atoms with E-state index in [1.54, 1.807) is 12.1 Å². The quantitative estimate of drug-likeness (QED) is 0.654. The van der Waals surface area contributed by atoms with Crippen LogP contribution in [0.4, 0.5) is 8.78 Å². The van der Waals surface area contributed by atoms with Crippen LogP contribution in [0.3, 0.4) is 0 Å². The maximum Gasteiger partial charge on any atom is 0.211 e. The molecule has 1 heterocycles. The van der Waals surface area contributed by atoms with Crippen LogP contribution in [0.15, 0.2) is 57.2 Å². The maximum absolute atomic E-state index is 13.7. The van der Waals surface area contributed by atoms with Gasteiger partial charge in [-0.1, -0.05) is 31.0 Å². The van der Waals surface area contributed by atoms with Crippen molar-refractivity contribution >= 4 is 20.7 Å². The monoisotopic (exact) mass is 391 g/mol. The minimum Gasteiger partial charge on any atom is -0.346 e. The van der Waals surface area contributed by atoms with E-state index in [0.29, 0.717) is 13.0 Å². The van der Waals surface area contributed by atoms with Crippen molar-refractivity contribution in [2.45, 2.75) is 43.0 Å². The number of rotatable bonds is 5. The van der Waals surface area contributed by atoms with Crippen LogP contribution >= 0.6 is 0 Å². The van der Waals surface area contributed by atoms with Crippen LogP contribution in [-0.4, -0.2) is 13.0 Å². The van der Waals surface area contributed by atoms with Gasteiger partial charge in [-0.3, -0.25) is 4.79 Å². The Bertz CT molecular complexity index is 1170. The van der Waals surface area contributed by atoms with E-state index in [1.165, 1.54) is 22.9 Å². The number of nitrogens with zero attached hydrogens (tertiary/aromatic N) is 1. The van der Waals surface area contributed by atoms with Crippen LogP contribution in [0.2, 0.25) is 0 Å². The zero-order valence-corrected chi connectivity index (χ0v) is 15.8. The van der Waals surface area contributed by atoms with E-state index in [2.05, 4.69) is 0 Å². The molecule has 0 aliphatic rings. The van der Waals surface area contributed by atoms with Gasteiger partial charge in [-0.15, -0.1) is 0 Å². The van der Waals surface area contributed by atoms with Crippen molar-refractivity contribution < 1.29 is 17.2 Å². The summed E-state index contributed by atoms with van der Waals surface area (Å²) in [5.41, 5.74) is 0.220. The van der Waals surface area contributed by atoms with Gasteiger partial charge in [0.05, 0.1) is 15.8 Å². The predicted octanol–water partition coefficient (Wildman–Crippen LogP) is 4.22. The predicted molar refractivity (Wildman–Crippen MR) is 99.7 cm³/mol. The number of pyridine rings is 1. The van der Waals surface area contributed by atoms with Gasteiger partial charge in [-0.2, -0.15) is 0 Å². The third-order valence-corrected chi connectivity index (χ3v) is 6.23. The van der Waals surface area contributed by atoms with E-state index < -0.39 is 31.8 Å². The molecule has 0 aliphatic carbocycles. The smallest absolute Gasteiger partial charge is 0.211 e. The Morgan fingerprint density at radius 3 is 2.30 bits per heavy atom. The molecule has 2 aromatic carbocycles. The molecule has 1 aromatic heterocycles.